The Morgan fingerprint density at radius 2 is 2.11 bits per heavy atom. The first-order valence-corrected chi connectivity index (χ1v) is 8.14. The highest BCUT2D eigenvalue weighted by Gasteiger charge is 2.36. The van der Waals surface area contributed by atoms with Crippen LogP contribution in [0.2, 0.25) is 0 Å². The molecule has 0 aliphatic carbocycles. The van der Waals surface area contributed by atoms with E-state index in [0.29, 0.717) is 12.2 Å². The average Bonchev–Trinajstić information content (AvgIpc) is 2.63. The average molecular weight is 286 g/mol. The lowest BCUT2D eigenvalue weighted by Gasteiger charge is -2.34. The van der Waals surface area contributed by atoms with E-state index in [2.05, 4.69) is 5.10 Å². The third-order valence-corrected chi connectivity index (χ3v) is 6.03. The van der Waals surface area contributed by atoms with Crippen LogP contribution < -0.4 is 5.73 Å². The smallest absolute Gasteiger partial charge is 0.248 e. The van der Waals surface area contributed by atoms with E-state index in [4.69, 9.17) is 5.73 Å². The SMILES string of the molecule is CCC1CCCCN1S(=O)(=O)c1c(N)nn(C)c1C. The van der Waals surface area contributed by atoms with Gasteiger partial charge >= 0.3 is 0 Å². The third-order valence-electron chi connectivity index (χ3n) is 3.92. The molecule has 2 rings (SSSR count). The summed E-state index contributed by atoms with van der Waals surface area (Å²) in [7, 11) is -1.83. The summed E-state index contributed by atoms with van der Waals surface area (Å²) >= 11 is 0. The zero-order chi connectivity index (χ0) is 14.2. The van der Waals surface area contributed by atoms with E-state index in [-0.39, 0.29) is 16.8 Å². The molecule has 0 spiro atoms. The molecule has 0 amide bonds. The van der Waals surface area contributed by atoms with E-state index >= 15 is 0 Å². The first-order chi connectivity index (χ1) is 8.89. The fourth-order valence-electron chi connectivity index (χ4n) is 2.75. The van der Waals surface area contributed by atoms with E-state index in [1.54, 1.807) is 18.3 Å². The van der Waals surface area contributed by atoms with Gasteiger partial charge in [0.15, 0.2) is 5.82 Å². The Bertz CT molecular complexity index is 565. The number of nitrogens with two attached hydrogens (primary N) is 1. The van der Waals surface area contributed by atoms with E-state index in [1.807, 2.05) is 6.92 Å². The quantitative estimate of drug-likeness (QED) is 0.907. The van der Waals surface area contributed by atoms with Gasteiger partial charge in [-0.25, -0.2) is 8.42 Å². The van der Waals surface area contributed by atoms with E-state index in [1.165, 1.54) is 4.68 Å². The van der Waals surface area contributed by atoms with Gasteiger partial charge < -0.3 is 5.73 Å². The number of aromatic nitrogens is 2. The largest absolute Gasteiger partial charge is 0.381 e. The summed E-state index contributed by atoms with van der Waals surface area (Å²) in [5.74, 6) is 0.0976. The molecule has 1 unspecified atom stereocenters. The van der Waals surface area contributed by atoms with Crippen LogP contribution in [0.5, 0.6) is 0 Å². The van der Waals surface area contributed by atoms with Crippen molar-refractivity contribution in [2.45, 2.75) is 50.5 Å². The molecule has 1 aliphatic rings. The molecule has 0 aromatic carbocycles. The number of sulfonamides is 1. The van der Waals surface area contributed by atoms with E-state index in [9.17, 15) is 8.42 Å². The van der Waals surface area contributed by atoms with Gasteiger partial charge in [-0.3, -0.25) is 4.68 Å². The number of hydrogen-bond acceptors (Lipinski definition) is 4. The number of piperidine rings is 1. The van der Waals surface area contributed by atoms with Gasteiger partial charge in [-0.05, 0) is 26.2 Å². The molecule has 19 heavy (non-hydrogen) atoms. The van der Waals surface area contributed by atoms with Crippen LogP contribution in [0, 0.1) is 6.92 Å². The summed E-state index contributed by atoms with van der Waals surface area (Å²) in [6.07, 6.45) is 3.76. The molecule has 108 valence electrons. The van der Waals surface area contributed by atoms with Gasteiger partial charge in [0.25, 0.3) is 0 Å². The van der Waals surface area contributed by atoms with Crippen molar-refractivity contribution in [1.29, 1.82) is 0 Å². The topological polar surface area (TPSA) is 81.2 Å². The Labute approximate surface area is 114 Å². The lowest BCUT2D eigenvalue weighted by atomic mass is 10.0. The minimum atomic E-state index is -3.54. The molecule has 6 nitrogen and oxygen atoms in total. The summed E-state index contributed by atoms with van der Waals surface area (Å²) < 4.78 is 28.7. The summed E-state index contributed by atoms with van der Waals surface area (Å²) in [5.41, 5.74) is 6.38. The van der Waals surface area contributed by atoms with Crippen molar-refractivity contribution in [2.75, 3.05) is 12.3 Å². The Kier molecular flexibility index (Phi) is 3.87. The molecular formula is C12H22N4O2S. The van der Waals surface area contributed by atoms with Crippen LogP contribution in [0.1, 0.15) is 38.3 Å². The molecule has 1 fully saturated rings. The van der Waals surface area contributed by atoms with Crippen molar-refractivity contribution >= 4 is 15.8 Å². The number of rotatable bonds is 3. The van der Waals surface area contributed by atoms with Gasteiger partial charge in [-0.1, -0.05) is 13.3 Å². The van der Waals surface area contributed by atoms with Crippen LogP contribution in [0.25, 0.3) is 0 Å². The molecule has 1 aliphatic heterocycles. The molecule has 0 saturated carbocycles. The Morgan fingerprint density at radius 1 is 1.42 bits per heavy atom. The van der Waals surface area contributed by atoms with Crippen LogP contribution in [0.3, 0.4) is 0 Å². The third kappa shape index (κ3) is 2.36. The Morgan fingerprint density at radius 3 is 2.63 bits per heavy atom. The van der Waals surface area contributed by atoms with Gasteiger partial charge in [-0.2, -0.15) is 9.40 Å². The standard InChI is InChI=1S/C12H22N4O2S/c1-4-10-7-5-6-8-16(10)19(17,18)11-9(2)15(3)14-12(11)13/h10H,4-8H2,1-3H3,(H2,13,14). The van der Waals surface area contributed by atoms with E-state index in [0.717, 1.165) is 25.7 Å². The van der Waals surface area contributed by atoms with Crippen molar-refractivity contribution in [3.63, 3.8) is 0 Å². The predicted molar refractivity (Wildman–Crippen MR) is 74.2 cm³/mol. The molecule has 0 radical (unpaired) electrons. The summed E-state index contributed by atoms with van der Waals surface area (Å²) in [6, 6.07) is 0.0813. The summed E-state index contributed by atoms with van der Waals surface area (Å²) in [6.45, 7) is 4.34. The molecular weight excluding hydrogens is 264 g/mol. The Hall–Kier alpha value is -1.08. The van der Waals surface area contributed by atoms with Crippen molar-refractivity contribution in [1.82, 2.24) is 14.1 Å². The second-order valence-corrected chi connectivity index (χ2v) is 6.92. The fourth-order valence-corrected chi connectivity index (χ4v) is 4.81. The highest BCUT2D eigenvalue weighted by atomic mass is 32.2. The molecule has 1 aromatic rings. The van der Waals surface area contributed by atoms with Crippen molar-refractivity contribution < 1.29 is 8.42 Å². The molecule has 1 aromatic heterocycles. The van der Waals surface area contributed by atoms with Crippen LogP contribution in [0.15, 0.2) is 4.90 Å². The van der Waals surface area contributed by atoms with Gasteiger partial charge in [-0.15, -0.1) is 0 Å². The zero-order valence-electron chi connectivity index (χ0n) is 11.8. The minimum Gasteiger partial charge on any atom is -0.381 e. The van der Waals surface area contributed by atoms with Gasteiger partial charge in [0.1, 0.15) is 4.90 Å². The lowest BCUT2D eigenvalue weighted by Crippen LogP contribution is -2.43. The molecule has 2 N–H and O–H groups in total. The summed E-state index contributed by atoms with van der Waals surface area (Å²) in [5, 5.41) is 4.01. The fraction of sp³-hybridized carbons (Fsp3) is 0.750. The first kappa shape index (κ1) is 14.3. The first-order valence-electron chi connectivity index (χ1n) is 6.70. The highest BCUT2D eigenvalue weighted by molar-refractivity contribution is 7.89. The molecule has 2 heterocycles. The lowest BCUT2D eigenvalue weighted by molar-refractivity contribution is 0.246. The maximum absolute atomic E-state index is 12.8. The number of nitrogens with zero attached hydrogens (tertiary/aromatic N) is 3. The maximum atomic E-state index is 12.8. The second-order valence-electron chi connectivity index (χ2n) is 5.10. The van der Waals surface area contributed by atoms with Gasteiger partial charge in [0.2, 0.25) is 10.0 Å². The summed E-state index contributed by atoms with van der Waals surface area (Å²) in [4.78, 5) is 0.176. The Balaban J connectivity index is 2.46. The highest BCUT2D eigenvalue weighted by Crippen LogP contribution is 2.31. The van der Waals surface area contributed by atoms with Crippen molar-refractivity contribution in [3.8, 4) is 0 Å². The predicted octanol–water partition coefficient (Wildman–Crippen LogP) is 1.26. The number of hydrogen-bond donors (Lipinski definition) is 1. The van der Waals surface area contributed by atoms with Gasteiger partial charge in [0, 0.05) is 19.6 Å². The molecule has 1 atom stereocenters. The van der Waals surface area contributed by atoms with Crippen molar-refractivity contribution in [3.05, 3.63) is 5.69 Å². The number of anilines is 1. The maximum Gasteiger partial charge on any atom is 0.248 e. The second kappa shape index (κ2) is 5.13. The molecule has 0 bridgehead atoms. The van der Waals surface area contributed by atoms with Gasteiger partial charge in [0.05, 0.1) is 5.69 Å². The van der Waals surface area contributed by atoms with Crippen LogP contribution in [0.4, 0.5) is 5.82 Å². The number of nitrogen functional groups attached to an aromatic ring is 1. The zero-order valence-corrected chi connectivity index (χ0v) is 12.6. The van der Waals surface area contributed by atoms with Crippen LogP contribution >= 0.6 is 0 Å². The van der Waals surface area contributed by atoms with Crippen LogP contribution in [-0.4, -0.2) is 35.1 Å². The normalized spacial score (nSPS) is 21.7. The molecule has 1 saturated heterocycles. The van der Waals surface area contributed by atoms with Crippen LogP contribution in [-0.2, 0) is 17.1 Å². The van der Waals surface area contributed by atoms with Crippen molar-refractivity contribution in [2.24, 2.45) is 7.05 Å². The van der Waals surface area contributed by atoms with E-state index < -0.39 is 10.0 Å². The minimum absolute atomic E-state index is 0.0813. The molecule has 7 heteroatoms. The number of aryl methyl sites for hydroxylation is 1. The monoisotopic (exact) mass is 286 g/mol.